The van der Waals surface area contributed by atoms with E-state index in [2.05, 4.69) is 0 Å². The normalized spacial score (nSPS) is 36.1. The Bertz CT molecular complexity index is 549. The van der Waals surface area contributed by atoms with Crippen molar-refractivity contribution < 1.29 is 47.5 Å². The van der Waals surface area contributed by atoms with Crippen LogP contribution in [0.4, 0.5) is 0 Å². The number of hydrogen-bond acceptors (Lipinski definition) is 10. The smallest absolute Gasteiger partial charge is 0.303 e. The van der Waals surface area contributed by atoms with Gasteiger partial charge in [-0.15, -0.1) is 0 Å². The van der Waals surface area contributed by atoms with Crippen molar-refractivity contribution in [2.75, 3.05) is 13.2 Å². The average molecular weight is 376 g/mol. The molecular weight excluding hydrogens is 352 g/mol. The van der Waals surface area contributed by atoms with Gasteiger partial charge in [-0.25, -0.2) is 0 Å². The first-order valence-corrected chi connectivity index (χ1v) is 8.28. The quantitative estimate of drug-likeness (QED) is 0.472. The van der Waals surface area contributed by atoms with Crippen LogP contribution < -0.4 is 0 Å². The molecule has 10 nitrogen and oxygen atoms in total. The molecule has 0 aliphatic carbocycles. The maximum absolute atomic E-state index is 11.6. The Labute approximate surface area is 150 Å². The highest BCUT2D eigenvalue weighted by molar-refractivity contribution is 5.67. The lowest BCUT2D eigenvalue weighted by atomic mass is 9.98. The second-order valence-electron chi connectivity index (χ2n) is 5.99. The Hall–Kier alpha value is -1.75. The van der Waals surface area contributed by atoms with Gasteiger partial charge in [-0.1, -0.05) is 0 Å². The summed E-state index contributed by atoms with van der Waals surface area (Å²) in [4.78, 5) is 34.2. The van der Waals surface area contributed by atoms with Crippen LogP contribution in [0.15, 0.2) is 0 Å². The summed E-state index contributed by atoms with van der Waals surface area (Å²) in [6.45, 7) is 7.04. The van der Waals surface area contributed by atoms with Gasteiger partial charge in [0.15, 0.2) is 24.6 Å². The Morgan fingerprint density at radius 2 is 1.58 bits per heavy atom. The van der Waals surface area contributed by atoms with E-state index >= 15 is 0 Å². The van der Waals surface area contributed by atoms with Crippen LogP contribution in [0.5, 0.6) is 0 Å². The summed E-state index contributed by atoms with van der Waals surface area (Å²) in [6.07, 6.45) is -4.86. The van der Waals surface area contributed by atoms with E-state index < -0.39 is 54.6 Å². The summed E-state index contributed by atoms with van der Waals surface area (Å²) >= 11 is 0. The maximum atomic E-state index is 11.6. The fourth-order valence-corrected chi connectivity index (χ4v) is 2.91. The van der Waals surface area contributed by atoms with Gasteiger partial charge in [0.05, 0.1) is 0 Å². The minimum absolute atomic E-state index is 0.219. The van der Waals surface area contributed by atoms with Crippen molar-refractivity contribution in [2.45, 2.75) is 71.3 Å². The standard InChI is InChI=1S/C16H24O10/c1-6-21-16(5)25-14-13(23-10(4)19)12(22-9(3)18)11(7-20-8(2)17)24-15(14)26-16/h11-15H,6-7H2,1-5H3/t11?,12-,13+,14+,15-,16?/m1/s1. The predicted octanol–water partition coefficient (Wildman–Crippen LogP) is 0.263. The summed E-state index contributed by atoms with van der Waals surface area (Å²) in [6, 6.07) is 0. The van der Waals surface area contributed by atoms with Gasteiger partial charge in [0, 0.05) is 34.3 Å². The molecule has 0 spiro atoms. The summed E-state index contributed by atoms with van der Waals surface area (Å²) in [7, 11) is 0. The van der Waals surface area contributed by atoms with E-state index in [-0.39, 0.29) is 6.61 Å². The highest BCUT2D eigenvalue weighted by Gasteiger charge is 2.59. The first-order chi connectivity index (χ1) is 12.1. The molecule has 6 atom stereocenters. The molecule has 2 fully saturated rings. The van der Waals surface area contributed by atoms with Crippen LogP contribution in [0, 0.1) is 0 Å². The molecule has 0 saturated carbocycles. The lowest BCUT2D eigenvalue weighted by Gasteiger charge is -2.40. The zero-order valence-electron chi connectivity index (χ0n) is 15.4. The maximum Gasteiger partial charge on any atom is 0.303 e. The first-order valence-electron chi connectivity index (χ1n) is 8.28. The number of carbonyl (C=O) groups excluding carboxylic acids is 3. The number of ether oxygens (including phenoxy) is 7. The molecule has 2 rings (SSSR count). The summed E-state index contributed by atoms with van der Waals surface area (Å²) < 4.78 is 38.2. The Kier molecular flexibility index (Phi) is 6.56. The van der Waals surface area contributed by atoms with Crippen LogP contribution in [0.1, 0.15) is 34.6 Å². The highest BCUT2D eigenvalue weighted by atomic mass is 16.9. The minimum Gasteiger partial charge on any atom is -0.463 e. The van der Waals surface area contributed by atoms with Crippen molar-refractivity contribution in [1.82, 2.24) is 0 Å². The molecule has 0 bridgehead atoms. The number of fused-ring (bicyclic) bond motifs is 1. The van der Waals surface area contributed by atoms with Gasteiger partial charge >= 0.3 is 17.9 Å². The second kappa shape index (κ2) is 8.30. The van der Waals surface area contributed by atoms with E-state index in [1.165, 1.54) is 20.8 Å². The molecule has 0 radical (unpaired) electrons. The summed E-state index contributed by atoms with van der Waals surface area (Å²) in [5.41, 5.74) is 0. The van der Waals surface area contributed by atoms with Crippen LogP contribution >= 0.6 is 0 Å². The fraction of sp³-hybridized carbons (Fsp3) is 0.812. The molecule has 0 amide bonds. The molecule has 0 N–H and O–H groups in total. The van der Waals surface area contributed by atoms with E-state index in [9.17, 15) is 14.4 Å². The predicted molar refractivity (Wildman–Crippen MR) is 82.4 cm³/mol. The fourth-order valence-electron chi connectivity index (χ4n) is 2.91. The molecule has 2 heterocycles. The molecule has 148 valence electrons. The van der Waals surface area contributed by atoms with Crippen LogP contribution in [-0.2, 0) is 47.5 Å². The van der Waals surface area contributed by atoms with Crippen molar-refractivity contribution in [3.8, 4) is 0 Å². The molecule has 2 saturated heterocycles. The van der Waals surface area contributed by atoms with Gasteiger partial charge < -0.3 is 28.4 Å². The van der Waals surface area contributed by atoms with Crippen LogP contribution in [0.25, 0.3) is 0 Å². The van der Waals surface area contributed by atoms with E-state index in [0.29, 0.717) is 6.61 Å². The van der Waals surface area contributed by atoms with Crippen molar-refractivity contribution in [3.63, 3.8) is 0 Å². The number of hydrogen-bond donors (Lipinski definition) is 0. The van der Waals surface area contributed by atoms with Gasteiger partial charge in [0.1, 0.15) is 12.7 Å². The number of esters is 3. The average Bonchev–Trinajstić information content (AvgIpc) is 2.83. The molecule has 26 heavy (non-hydrogen) atoms. The molecule has 2 unspecified atom stereocenters. The van der Waals surface area contributed by atoms with E-state index in [4.69, 9.17) is 33.2 Å². The van der Waals surface area contributed by atoms with Crippen molar-refractivity contribution in [3.05, 3.63) is 0 Å². The van der Waals surface area contributed by atoms with E-state index in [1.807, 2.05) is 0 Å². The SMILES string of the molecule is CCOC1(C)O[C@H]2OC(COC(C)=O)[C@@H](OC(C)=O)[C@H](OC(C)=O)[C@@H]2O1. The van der Waals surface area contributed by atoms with E-state index in [0.717, 1.165) is 0 Å². The van der Waals surface area contributed by atoms with Crippen molar-refractivity contribution in [1.29, 1.82) is 0 Å². The number of carbonyl (C=O) groups is 3. The van der Waals surface area contributed by atoms with Crippen LogP contribution in [0.2, 0.25) is 0 Å². The zero-order chi connectivity index (χ0) is 19.5. The van der Waals surface area contributed by atoms with Crippen molar-refractivity contribution in [2.24, 2.45) is 0 Å². The third kappa shape index (κ3) is 4.91. The van der Waals surface area contributed by atoms with Gasteiger partial charge in [0.25, 0.3) is 5.97 Å². The molecule has 10 heteroatoms. The monoisotopic (exact) mass is 376 g/mol. The van der Waals surface area contributed by atoms with Gasteiger partial charge in [-0.3, -0.25) is 19.1 Å². The third-order valence-corrected chi connectivity index (χ3v) is 3.73. The molecule has 2 aliphatic heterocycles. The number of rotatable bonds is 6. The van der Waals surface area contributed by atoms with Gasteiger partial charge in [0.2, 0.25) is 0 Å². The lowest BCUT2D eigenvalue weighted by molar-refractivity contribution is -0.342. The van der Waals surface area contributed by atoms with Crippen molar-refractivity contribution >= 4 is 17.9 Å². The topological polar surface area (TPSA) is 116 Å². The highest BCUT2D eigenvalue weighted by Crippen LogP contribution is 2.39. The summed E-state index contributed by atoms with van der Waals surface area (Å²) in [5, 5.41) is 0. The Morgan fingerprint density at radius 1 is 0.962 bits per heavy atom. The Balaban J connectivity index is 2.29. The summed E-state index contributed by atoms with van der Waals surface area (Å²) in [5.74, 6) is -3.18. The second-order valence-corrected chi connectivity index (χ2v) is 5.99. The van der Waals surface area contributed by atoms with Crippen LogP contribution in [-0.4, -0.2) is 67.8 Å². The zero-order valence-corrected chi connectivity index (χ0v) is 15.4. The van der Waals surface area contributed by atoms with Gasteiger partial charge in [-0.05, 0) is 6.92 Å². The minimum atomic E-state index is -1.42. The van der Waals surface area contributed by atoms with Crippen LogP contribution in [0.3, 0.4) is 0 Å². The molecular formula is C16H24O10. The molecule has 0 aromatic carbocycles. The lowest BCUT2D eigenvalue weighted by Crippen LogP contribution is -2.60. The molecule has 2 aliphatic rings. The Morgan fingerprint density at radius 3 is 2.12 bits per heavy atom. The van der Waals surface area contributed by atoms with Gasteiger partial charge in [-0.2, -0.15) is 0 Å². The first kappa shape index (κ1) is 20.6. The molecule has 0 aromatic heterocycles. The third-order valence-electron chi connectivity index (χ3n) is 3.73. The molecule has 0 aromatic rings. The van der Waals surface area contributed by atoms with E-state index in [1.54, 1.807) is 13.8 Å². The largest absolute Gasteiger partial charge is 0.463 e.